The lowest BCUT2D eigenvalue weighted by molar-refractivity contribution is 0.0978. The van der Waals surface area contributed by atoms with Crippen LogP contribution in [0.25, 0.3) is 0 Å². The Hall–Kier alpha value is -1.11. The zero-order valence-electron chi connectivity index (χ0n) is 9.92. The highest BCUT2D eigenvalue weighted by atomic mass is 16.1. The second-order valence-corrected chi connectivity index (χ2v) is 4.27. The van der Waals surface area contributed by atoms with E-state index in [9.17, 15) is 4.79 Å². The molecule has 0 N–H and O–H groups in total. The Bertz CT molecular complexity index is 326. The molecule has 0 radical (unpaired) electrons. The molecule has 0 aliphatic rings. The molecule has 0 aliphatic carbocycles. The molecule has 1 nitrogen and oxygen atoms in total. The van der Waals surface area contributed by atoms with Crippen molar-refractivity contribution < 1.29 is 4.79 Å². The van der Waals surface area contributed by atoms with E-state index in [1.165, 1.54) is 5.56 Å². The lowest BCUT2D eigenvalue weighted by Crippen LogP contribution is -2.04. The van der Waals surface area contributed by atoms with Gasteiger partial charge in [-0.05, 0) is 17.9 Å². The molecule has 0 saturated carbocycles. The molecule has 0 atom stereocenters. The monoisotopic (exact) mass is 204 g/mol. The predicted octanol–water partition coefficient (Wildman–Crippen LogP) is 4.18. The fraction of sp³-hybridized carbons (Fsp3) is 0.500. The van der Waals surface area contributed by atoms with Crippen molar-refractivity contribution in [3.63, 3.8) is 0 Å². The van der Waals surface area contributed by atoms with Crippen LogP contribution < -0.4 is 0 Å². The first-order valence-corrected chi connectivity index (χ1v) is 5.79. The Balaban J connectivity index is 2.87. The van der Waals surface area contributed by atoms with Crippen LogP contribution in [0.1, 0.15) is 61.9 Å². The van der Waals surface area contributed by atoms with Crippen molar-refractivity contribution in [3.05, 3.63) is 35.4 Å². The first kappa shape index (κ1) is 12.0. The number of Topliss-reactive ketones (excluding diaryl/α,β-unsaturated/α-hetero) is 1. The van der Waals surface area contributed by atoms with Crippen LogP contribution in [-0.4, -0.2) is 5.78 Å². The predicted molar refractivity (Wildman–Crippen MR) is 64.4 cm³/mol. The van der Waals surface area contributed by atoms with Gasteiger partial charge in [-0.1, -0.05) is 51.5 Å². The summed E-state index contributed by atoms with van der Waals surface area (Å²) >= 11 is 0. The van der Waals surface area contributed by atoms with E-state index >= 15 is 0 Å². The van der Waals surface area contributed by atoms with Gasteiger partial charge in [0.2, 0.25) is 0 Å². The first-order chi connectivity index (χ1) is 7.16. The smallest absolute Gasteiger partial charge is 0.163 e. The van der Waals surface area contributed by atoms with Crippen molar-refractivity contribution >= 4 is 5.78 Å². The fourth-order valence-corrected chi connectivity index (χ4v) is 1.73. The number of hydrogen-bond acceptors (Lipinski definition) is 1. The third-order valence-electron chi connectivity index (χ3n) is 2.64. The lowest BCUT2D eigenvalue weighted by Gasteiger charge is -2.11. The van der Waals surface area contributed by atoms with Gasteiger partial charge in [0.1, 0.15) is 0 Å². The Labute approximate surface area is 92.5 Å². The minimum Gasteiger partial charge on any atom is -0.294 e. The van der Waals surface area contributed by atoms with Crippen LogP contribution in [0.4, 0.5) is 0 Å². The summed E-state index contributed by atoms with van der Waals surface area (Å²) in [7, 11) is 0. The molecule has 0 unspecified atom stereocenters. The van der Waals surface area contributed by atoms with Gasteiger partial charge in [0.05, 0.1) is 0 Å². The molecule has 15 heavy (non-hydrogen) atoms. The summed E-state index contributed by atoms with van der Waals surface area (Å²) in [6.07, 6.45) is 2.75. The molecular weight excluding hydrogens is 184 g/mol. The Morgan fingerprint density at radius 2 is 1.93 bits per heavy atom. The van der Waals surface area contributed by atoms with Crippen molar-refractivity contribution in [2.24, 2.45) is 0 Å². The molecule has 0 spiro atoms. The van der Waals surface area contributed by atoms with E-state index in [0.29, 0.717) is 18.1 Å². The van der Waals surface area contributed by atoms with E-state index in [1.807, 2.05) is 18.2 Å². The van der Waals surface area contributed by atoms with E-state index in [-0.39, 0.29) is 0 Å². The summed E-state index contributed by atoms with van der Waals surface area (Å²) in [5.74, 6) is 0.716. The van der Waals surface area contributed by atoms with E-state index < -0.39 is 0 Å². The highest BCUT2D eigenvalue weighted by Gasteiger charge is 2.11. The molecule has 1 heteroatoms. The van der Waals surface area contributed by atoms with Crippen molar-refractivity contribution in [2.75, 3.05) is 0 Å². The van der Waals surface area contributed by atoms with Crippen LogP contribution >= 0.6 is 0 Å². The van der Waals surface area contributed by atoms with Crippen molar-refractivity contribution in [1.29, 1.82) is 0 Å². The fourth-order valence-electron chi connectivity index (χ4n) is 1.73. The van der Waals surface area contributed by atoms with E-state index in [4.69, 9.17) is 0 Å². The molecule has 1 aromatic rings. The van der Waals surface area contributed by atoms with Gasteiger partial charge in [0, 0.05) is 12.0 Å². The maximum Gasteiger partial charge on any atom is 0.163 e. The first-order valence-electron chi connectivity index (χ1n) is 5.79. The summed E-state index contributed by atoms with van der Waals surface area (Å²) in [4.78, 5) is 11.9. The number of rotatable bonds is 5. The Kier molecular flexibility index (Phi) is 4.54. The van der Waals surface area contributed by atoms with Crippen LogP contribution in [0.2, 0.25) is 0 Å². The standard InChI is InChI=1S/C14H20O/c1-4-5-10-14(15)13-9-7-6-8-12(13)11(2)3/h6-9,11H,4-5,10H2,1-3H3. The second-order valence-electron chi connectivity index (χ2n) is 4.27. The molecule has 1 aromatic carbocycles. The topological polar surface area (TPSA) is 17.1 Å². The molecule has 0 amide bonds. The summed E-state index contributed by atoms with van der Waals surface area (Å²) < 4.78 is 0. The lowest BCUT2D eigenvalue weighted by atomic mass is 9.93. The molecule has 1 rings (SSSR count). The summed E-state index contributed by atoms with van der Waals surface area (Å²) in [5.41, 5.74) is 2.10. The number of carbonyl (C=O) groups excluding carboxylic acids is 1. The van der Waals surface area contributed by atoms with Crippen LogP contribution in [0.3, 0.4) is 0 Å². The van der Waals surface area contributed by atoms with E-state index in [2.05, 4.69) is 26.8 Å². The van der Waals surface area contributed by atoms with Crippen molar-refractivity contribution in [2.45, 2.75) is 46.0 Å². The number of unbranched alkanes of at least 4 members (excludes halogenated alkanes) is 1. The molecule has 0 heterocycles. The minimum atomic E-state index is 0.293. The van der Waals surface area contributed by atoms with Crippen LogP contribution in [0.15, 0.2) is 24.3 Å². The Morgan fingerprint density at radius 3 is 2.53 bits per heavy atom. The largest absolute Gasteiger partial charge is 0.294 e. The van der Waals surface area contributed by atoms with E-state index in [1.54, 1.807) is 0 Å². The van der Waals surface area contributed by atoms with Crippen molar-refractivity contribution in [3.8, 4) is 0 Å². The number of hydrogen-bond donors (Lipinski definition) is 0. The molecule has 82 valence electrons. The minimum absolute atomic E-state index is 0.293. The molecule has 0 saturated heterocycles. The van der Waals surface area contributed by atoms with Gasteiger partial charge in [-0.25, -0.2) is 0 Å². The normalized spacial score (nSPS) is 10.7. The number of carbonyl (C=O) groups is 1. The average Bonchev–Trinajstić information content (AvgIpc) is 2.25. The average molecular weight is 204 g/mol. The van der Waals surface area contributed by atoms with Crippen molar-refractivity contribution in [1.82, 2.24) is 0 Å². The highest BCUT2D eigenvalue weighted by Crippen LogP contribution is 2.20. The van der Waals surface area contributed by atoms with Gasteiger partial charge >= 0.3 is 0 Å². The molecule has 0 fully saturated rings. The maximum absolute atomic E-state index is 11.9. The molecule has 0 aromatic heterocycles. The van der Waals surface area contributed by atoms with Crippen LogP contribution in [0, 0.1) is 0 Å². The van der Waals surface area contributed by atoms with Gasteiger partial charge in [0.25, 0.3) is 0 Å². The summed E-state index contributed by atoms with van der Waals surface area (Å²) in [6, 6.07) is 7.97. The number of ketones is 1. The van der Waals surface area contributed by atoms with E-state index in [0.717, 1.165) is 18.4 Å². The van der Waals surface area contributed by atoms with Crippen LogP contribution in [-0.2, 0) is 0 Å². The molecular formula is C14H20O. The summed E-state index contributed by atoms with van der Waals surface area (Å²) in [5, 5.41) is 0. The third-order valence-corrected chi connectivity index (χ3v) is 2.64. The second kappa shape index (κ2) is 5.69. The molecule has 0 aliphatic heterocycles. The molecule has 0 bridgehead atoms. The van der Waals surface area contributed by atoms with Gasteiger partial charge in [0.15, 0.2) is 5.78 Å². The van der Waals surface area contributed by atoms with Gasteiger partial charge in [-0.15, -0.1) is 0 Å². The third kappa shape index (κ3) is 3.19. The highest BCUT2D eigenvalue weighted by molar-refractivity contribution is 5.97. The zero-order valence-corrected chi connectivity index (χ0v) is 9.92. The maximum atomic E-state index is 11.9. The quantitative estimate of drug-likeness (QED) is 0.657. The number of benzene rings is 1. The zero-order chi connectivity index (χ0) is 11.3. The van der Waals surface area contributed by atoms with Crippen LogP contribution in [0.5, 0.6) is 0 Å². The van der Waals surface area contributed by atoms with Gasteiger partial charge in [-0.2, -0.15) is 0 Å². The van der Waals surface area contributed by atoms with Gasteiger partial charge < -0.3 is 0 Å². The van der Waals surface area contributed by atoms with Gasteiger partial charge in [-0.3, -0.25) is 4.79 Å². The Morgan fingerprint density at radius 1 is 1.27 bits per heavy atom. The summed E-state index contributed by atoms with van der Waals surface area (Å²) in [6.45, 7) is 6.37. The SMILES string of the molecule is CCCCC(=O)c1ccccc1C(C)C.